The van der Waals surface area contributed by atoms with Crippen LogP contribution in [0.15, 0.2) is 24.3 Å². The average Bonchev–Trinajstić information content (AvgIpc) is 2.88. The summed E-state index contributed by atoms with van der Waals surface area (Å²) in [6.07, 6.45) is 1.38. The molecule has 100 valence electrons. The van der Waals surface area contributed by atoms with Crippen molar-refractivity contribution in [3.63, 3.8) is 0 Å². The predicted octanol–water partition coefficient (Wildman–Crippen LogP) is 1.88. The molecule has 1 aliphatic heterocycles. The van der Waals surface area contributed by atoms with Gasteiger partial charge in [0.2, 0.25) is 0 Å². The number of ether oxygens (including phenoxy) is 1. The lowest BCUT2D eigenvalue weighted by Gasteiger charge is -2.14. The normalized spacial score (nSPS) is 21.1. The lowest BCUT2D eigenvalue weighted by Crippen LogP contribution is -2.24. The molecule has 1 aromatic rings. The minimum absolute atomic E-state index is 0.351. The first-order chi connectivity index (χ1) is 8.77. The van der Waals surface area contributed by atoms with Crippen LogP contribution >= 0.6 is 0 Å². The first kappa shape index (κ1) is 13.5. The molecule has 1 saturated heterocycles. The molecule has 1 heterocycles. The molecule has 1 fully saturated rings. The fourth-order valence-corrected chi connectivity index (χ4v) is 2.21. The van der Waals surface area contributed by atoms with Crippen molar-refractivity contribution in [2.75, 3.05) is 26.3 Å². The molecule has 4 heteroatoms. The maximum absolute atomic E-state index is 13.4. The summed E-state index contributed by atoms with van der Waals surface area (Å²) in [7, 11) is 0. The number of benzene rings is 1. The van der Waals surface area contributed by atoms with Crippen LogP contribution in [0.3, 0.4) is 0 Å². The van der Waals surface area contributed by atoms with Crippen LogP contribution in [-0.2, 0) is 4.74 Å². The van der Waals surface area contributed by atoms with Gasteiger partial charge in [0.25, 0.3) is 0 Å². The van der Waals surface area contributed by atoms with Crippen LogP contribution in [0.5, 0.6) is 0 Å². The highest BCUT2D eigenvalue weighted by molar-refractivity contribution is 5.19. The largest absolute Gasteiger partial charge is 0.387 e. The van der Waals surface area contributed by atoms with Gasteiger partial charge < -0.3 is 15.2 Å². The first-order valence-electron chi connectivity index (χ1n) is 6.48. The molecule has 2 N–H and O–H groups in total. The second kappa shape index (κ2) is 6.83. The summed E-state index contributed by atoms with van der Waals surface area (Å²) in [4.78, 5) is 0. The Balaban J connectivity index is 1.68. The maximum atomic E-state index is 13.4. The molecule has 0 bridgehead atoms. The van der Waals surface area contributed by atoms with Gasteiger partial charge in [0.05, 0.1) is 6.10 Å². The van der Waals surface area contributed by atoms with Crippen LogP contribution in [-0.4, -0.2) is 31.4 Å². The van der Waals surface area contributed by atoms with Crippen molar-refractivity contribution in [2.24, 2.45) is 5.92 Å². The molecule has 0 aromatic heterocycles. The molecule has 0 aliphatic carbocycles. The van der Waals surface area contributed by atoms with Crippen LogP contribution in [0.25, 0.3) is 0 Å². The number of hydrogen-bond donors (Lipinski definition) is 2. The van der Waals surface area contributed by atoms with Crippen molar-refractivity contribution in [3.05, 3.63) is 35.6 Å². The Morgan fingerprint density at radius 2 is 2.28 bits per heavy atom. The first-order valence-corrected chi connectivity index (χ1v) is 6.48. The summed E-state index contributed by atoms with van der Waals surface area (Å²) in [5.74, 6) is 0.277. The van der Waals surface area contributed by atoms with Crippen LogP contribution in [0, 0.1) is 11.7 Å². The summed E-state index contributed by atoms with van der Waals surface area (Å²) in [5.41, 5.74) is 0.356. The van der Waals surface area contributed by atoms with E-state index in [1.165, 1.54) is 6.07 Å². The van der Waals surface area contributed by atoms with Crippen molar-refractivity contribution in [3.8, 4) is 0 Å². The molecule has 2 atom stereocenters. The molecular formula is C14H20FNO2. The van der Waals surface area contributed by atoms with Gasteiger partial charge in [-0.2, -0.15) is 0 Å². The van der Waals surface area contributed by atoms with Gasteiger partial charge in [0.15, 0.2) is 0 Å². The van der Waals surface area contributed by atoms with E-state index in [0.717, 1.165) is 32.6 Å². The van der Waals surface area contributed by atoms with Crippen LogP contribution < -0.4 is 5.32 Å². The molecule has 2 unspecified atom stereocenters. The van der Waals surface area contributed by atoms with Gasteiger partial charge in [0.1, 0.15) is 5.82 Å². The van der Waals surface area contributed by atoms with Gasteiger partial charge in [-0.15, -0.1) is 0 Å². The van der Waals surface area contributed by atoms with Crippen molar-refractivity contribution < 1.29 is 14.2 Å². The van der Waals surface area contributed by atoms with E-state index in [2.05, 4.69) is 5.32 Å². The summed E-state index contributed by atoms with van der Waals surface area (Å²) in [6.45, 7) is 2.92. The zero-order valence-electron chi connectivity index (χ0n) is 10.4. The molecular weight excluding hydrogens is 233 g/mol. The SMILES string of the molecule is OC(CNCCC1CCOC1)c1ccccc1F. The monoisotopic (exact) mass is 253 g/mol. The highest BCUT2D eigenvalue weighted by Crippen LogP contribution is 2.17. The van der Waals surface area contributed by atoms with E-state index in [4.69, 9.17) is 4.74 Å². The summed E-state index contributed by atoms with van der Waals surface area (Å²) < 4.78 is 18.7. The third kappa shape index (κ3) is 3.77. The van der Waals surface area contributed by atoms with E-state index < -0.39 is 6.10 Å². The van der Waals surface area contributed by atoms with Gasteiger partial charge in [-0.1, -0.05) is 18.2 Å². The summed E-state index contributed by atoms with van der Waals surface area (Å²) in [6, 6.07) is 6.34. The molecule has 18 heavy (non-hydrogen) atoms. The molecule has 2 rings (SSSR count). The second-order valence-corrected chi connectivity index (χ2v) is 4.76. The zero-order chi connectivity index (χ0) is 12.8. The smallest absolute Gasteiger partial charge is 0.129 e. The van der Waals surface area contributed by atoms with E-state index in [0.29, 0.717) is 18.0 Å². The van der Waals surface area contributed by atoms with Crippen molar-refractivity contribution in [1.29, 1.82) is 0 Å². The summed E-state index contributed by atoms with van der Waals surface area (Å²) in [5, 5.41) is 13.0. The van der Waals surface area contributed by atoms with Crippen molar-refractivity contribution in [2.45, 2.75) is 18.9 Å². The lowest BCUT2D eigenvalue weighted by atomic mass is 10.1. The minimum Gasteiger partial charge on any atom is -0.387 e. The van der Waals surface area contributed by atoms with E-state index in [-0.39, 0.29) is 5.82 Å². The summed E-state index contributed by atoms with van der Waals surface area (Å²) >= 11 is 0. The van der Waals surface area contributed by atoms with E-state index in [9.17, 15) is 9.50 Å². The fourth-order valence-electron chi connectivity index (χ4n) is 2.21. The Hall–Kier alpha value is -0.970. The number of halogens is 1. The van der Waals surface area contributed by atoms with Crippen molar-refractivity contribution >= 4 is 0 Å². The predicted molar refractivity (Wildman–Crippen MR) is 67.8 cm³/mol. The number of rotatable bonds is 6. The molecule has 3 nitrogen and oxygen atoms in total. The molecule has 0 spiro atoms. The second-order valence-electron chi connectivity index (χ2n) is 4.76. The Morgan fingerprint density at radius 1 is 1.44 bits per heavy atom. The van der Waals surface area contributed by atoms with Gasteiger partial charge >= 0.3 is 0 Å². The molecule has 0 saturated carbocycles. The molecule has 0 radical (unpaired) electrons. The lowest BCUT2D eigenvalue weighted by molar-refractivity contribution is 0.167. The van der Waals surface area contributed by atoms with Crippen LogP contribution in [0.2, 0.25) is 0 Å². The Kier molecular flexibility index (Phi) is 5.11. The highest BCUT2D eigenvalue weighted by atomic mass is 19.1. The van der Waals surface area contributed by atoms with Crippen LogP contribution in [0.4, 0.5) is 4.39 Å². The third-order valence-corrected chi connectivity index (χ3v) is 3.36. The van der Waals surface area contributed by atoms with E-state index >= 15 is 0 Å². The Morgan fingerprint density at radius 3 is 3.00 bits per heavy atom. The number of aliphatic hydroxyl groups is 1. The topological polar surface area (TPSA) is 41.5 Å². The fraction of sp³-hybridized carbons (Fsp3) is 0.571. The van der Waals surface area contributed by atoms with Crippen molar-refractivity contribution in [1.82, 2.24) is 5.32 Å². The average molecular weight is 253 g/mol. The number of hydrogen-bond acceptors (Lipinski definition) is 3. The third-order valence-electron chi connectivity index (χ3n) is 3.36. The standard InChI is InChI=1S/C14H20FNO2/c15-13-4-2-1-3-12(13)14(17)9-16-7-5-11-6-8-18-10-11/h1-4,11,14,16-17H,5-10H2. The number of nitrogens with one attached hydrogen (secondary N) is 1. The van der Waals surface area contributed by atoms with E-state index in [1.54, 1.807) is 18.2 Å². The van der Waals surface area contributed by atoms with Gasteiger partial charge in [-0.05, 0) is 31.4 Å². The highest BCUT2D eigenvalue weighted by Gasteiger charge is 2.15. The van der Waals surface area contributed by atoms with Gasteiger partial charge in [0, 0.05) is 25.3 Å². The molecule has 1 aliphatic rings. The molecule has 1 aromatic carbocycles. The van der Waals surface area contributed by atoms with Gasteiger partial charge in [-0.3, -0.25) is 0 Å². The molecule has 0 amide bonds. The number of aliphatic hydroxyl groups excluding tert-OH is 1. The maximum Gasteiger partial charge on any atom is 0.129 e. The van der Waals surface area contributed by atoms with Crippen LogP contribution in [0.1, 0.15) is 24.5 Å². The van der Waals surface area contributed by atoms with Gasteiger partial charge in [-0.25, -0.2) is 4.39 Å². The Bertz CT molecular complexity index is 367. The quantitative estimate of drug-likeness (QED) is 0.761. The minimum atomic E-state index is -0.786. The zero-order valence-corrected chi connectivity index (χ0v) is 10.4. The Labute approximate surface area is 107 Å². The van der Waals surface area contributed by atoms with E-state index in [1.807, 2.05) is 0 Å².